The van der Waals surface area contributed by atoms with Crippen molar-refractivity contribution in [2.45, 2.75) is 12.2 Å². The Bertz CT molecular complexity index is 697. The number of primary sulfonamides is 1. The molecule has 0 aromatic heterocycles. The zero-order valence-electron chi connectivity index (χ0n) is 11.2. The summed E-state index contributed by atoms with van der Waals surface area (Å²) in [6.45, 7) is 0.0176. The smallest absolute Gasteiger partial charge is 0.215 e. The Labute approximate surface area is 129 Å². The average Bonchev–Trinajstić information content (AvgIpc) is 2.34. The molecule has 0 spiro atoms. The van der Waals surface area contributed by atoms with E-state index in [9.17, 15) is 16.8 Å². The number of nitrogens with two attached hydrogens (primary N) is 2. The monoisotopic (exact) mass is 351 g/mol. The molecular weight excluding hydrogens is 334 g/mol. The van der Waals surface area contributed by atoms with E-state index < -0.39 is 20.0 Å². The SMILES string of the molecule is NC(=S)c1ccc(CS(=O)(=O)NCCCS(N)(=O)=O)cc1. The second-order valence-electron chi connectivity index (χ2n) is 4.44. The summed E-state index contributed by atoms with van der Waals surface area (Å²) >= 11 is 4.80. The molecule has 118 valence electrons. The van der Waals surface area contributed by atoms with Crippen LogP contribution < -0.4 is 15.6 Å². The number of hydrogen-bond donors (Lipinski definition) is 3. The molecule has 0 atom stereocenters. The van der Waals surface area contributed by atoms with Crippen LogP contribution in [0.3, 0.4) is 0 Å². The van der Waals surface area contributed by atoms with Crippen molar-refractivity contribution >= 4 is 37.3 Å². The van der Waals surface area contributed by atoms with Crippen molar-refractivity contribution in [1.82, 2.24) is 4.72 Å². The second-order valence-corrected chi connectivity index (χ2v) is 8.42. The molecule has 1 aromatic carbocycles. The lowest BCUT2D eigenvalue weighted by Crippen LogP contribution is -2.28. The first-order valence-corrected chi connectivity index (χ1v) is 9.73. The minimum absolute atomic E-state index is 0.0176. The van der Waals surface area contributed by atoms with Crippen molar-refractivity contribution in [3.63, 3.8) is 0 Å². The minimum Gasteiger partial charge on any atom is -0.389 e. The highest BCUT2D eigenvalue weighted by Gasteiger charge is 2.12. The molecular formula is C11H17N3O4S3. The van der Waals surface area contributed by atoms with Gasteiger partial charge < -0.3 is 5.73 Å². The van der Waals surface area contributed by atoms with Crippen LogP contribution in [0, 0.1) is 0 Å². The van der Waals surface area contributed by atoms with E-state index in [-0.39, 0.29) is 29.5 Å². The molecule has 0 unspecified atom stereocenters. The summed E-state index contributed by atoms with van der Waals surface area (Å²) in [5.41, 5.74) is 6.69. The van der Waals surface area contributed by atoms with Crippen LogP contribution in [0.15, 0.2) is 24.3 Å². The molecule has 0 aliphatic carbocycles. The van der Waals surface area contributed by atoms with Crippen LogP contribution in [0.5, 0.6) is 0 Å². The fourth-order valence-corrected chi connectivity index (χ4v) is 3.41. The Kier molecular flexibility index (Phi) is 6.23. The van der Waals surface area contributed by atoms with Crippen molar-refractivity contribution < 1.29 is 16.8 Å². The van der Waals surface area contributed by atoms with E-state index in [2.05, 4.69) is 4.72 Å². The summed E-state index contributed by atoms with van der Waals surface area (Å²) in [6, 6.07) is 6.54. The first kappa shape index (κ1) is 18.0. The first-order valence-electron chi connectivity index (χ1n) is 5.96. The largest absolute Gasteiger partial charge is 0.389 e. The van der Waals surface area contributed by atoms with Crippen LogP contribution >= 0.6 is 12.2 Å². The highest BCUT2D eigenvalue weighted by atomic mass is 32.2. The van der Waals surface area contributed by atoms with Gasteiger partial charge in [0.15, 0.2) is 0 Å². The molecule has 0 bridgehead atoms. The Morgan fingerprint density at radius 3 is 2.19 bits per heavy atom. The minimum atomic E-state index is -3.57. The summed E-state index contributed by atoms with van der Waals surface area (Å²) in [4.78, 5) is 0.241. The summed E-state index contributed by atoms with van der Waals surface area (Å²) in [5.74, 6) is -0.474. The maximum atomic E-state index is 11.8. The molecule has 21 heavy (non-hydrogen) atoms. The molecule has 1 rings (SSSR count). The topological polar surface area (TPSA) is 132 Å². The van der Waals surface area contributed by atoms with Gasteiger partial charge in [-0.15, -0.1) is 0 Å². The van der Waals surface area contributed by atoms with Crippen LogP contribution in [0.25, 0.3) is 0 Å². The molecule has 10 heteroatoms. The third-order valence-corrected chi connectivity index (χ3v) is 4.97. The van der Waals surface area contributed by atoms with E-state index in [0.717, 1.165) is 0 Å². The fourth-order valence-electron chi connectivity index (χ4n) is 1.54. The van der Waals surface area contributed by atoms with Crippen molar-refractivity contribution in [2.75, 3.05) is 12.3 Å². The van der Waals surface area contributed by atoms with E-state index in [0.29, 0.717) is 11.1 Å². The molecule has 1 aromatic rings. The molecule has 0 aliphatic heterocycles. The van der Waals surface area contributed by atoms with E-state index >= 15 is 0 Å². The van der Waals surface area contributed by atoms with E-state index in [4.69, 9.17) is 23.1 Å². The first-order chi connectivity index (χ1) is 9.59. The zero-order chi connectivity index (χ0) is 16.1. The van der Waals surface area contributed by atoms with Gasteiger partial charge in [-0.05, 0) is 12.0 Å². The Morgan fingerprint density at radius 2 is 1.71 bits per heavy atom. The molecule has 0 radical (unpaired) electrons. The van der Waals surface area contributed by atoms with Crippen LogP contribution in [0.4, 0.5) is 0 Å². The molecule has 7 nitrogen and oxygen atoms in total. The number of nitrogens with one attached hydrogen (secondary N) is 1. The third-order valence-electron chi connectivity index (χ3n) is 2.52. The predicted molar refractivity (Wildman–Crippen MR) is 85.5 cm³/mol. The summed E-state index contributed by atoms with van der Waals surface area (Å²) in [6.07, 6.45) is 0.123. The number of benzene rings is 1. The number of hydrogen-bond acceptors (Lipinski definition) is 5. The zero-order valence-corrected chi connectivity index (χ0v) is 13.6. The molecule has 0 fully saturated rings. The van der Waals surface area contributed by atoms with Gasteiger partial charge >= 0.3 is 0 Å². The highest BCUT2D eigenvalue weighted by molar-refractivity contribution is 7.89. The van der Waals surface area contributed by atoms with Gasteiger partial charge in [-0.1, -0.05) is 36.5 Å². The maximum Gasteiger partial charge on any atom is 0.215 e. The van der Waals surface area contributed by atoms with Crippen LogP contribution in [0.2, 0.25) is 0 Å². The Morgan fingerprint density at radius 1 is 1.14 bits per heavy atom. The van der Waals surface area contributed by atoms with Gasteiger partial charge in [0.1, 0.15) is 4.99 Å². The Hall–Kier alpha value is -1.07. The van der Waals surface area contributed by atoms with Gasteiger partial charge in [0.05, 0.1) is 11.5 Å². The fraction of sp³-hybridized carbons (Fsp3) is 0.364. The molecule has 5 N–H and O–H groups in total. The molecule has 0 aliphatic rings. The molecule has 0 amide bonds. The van der Waals surface area contributed by atoms with Crippen molar-refractivity contribution in [2.24, 2.45) is 10.9 Å². The summed E-state index contributed by atoms with van der Waals surface area (Å²) in [7, 11) is -7.11. The predicted octanol–water partition coefficient (Wildman–Crippen LogP) is -0.581. The molecule has 0 heterocycles. The number of sulfonamides is 2. The Balaban J connectivity index is 2.54. The molecule has 0 saturated heterocycles. The summed E-state index contributed by atoms with van der Waals surface area (Å²) in [5, 5.41) is 4.82. The standard InChI is InChI=1S/C11H17N3O4S3/c12-11(19)10-4-2-9(3-5-10)8-21(17,18)14-6-1-7-20(13,15)16/h2-5,14H,1,6-8H2,(H2,12,19)(H2,13,15,16). The van der Waals surface area contributed by atoms with Gasteiger partial charge in [0.25, 0.3) is 0 Å². The van der Waals surface area contributed by atoms with Crippen LogP contribution in [-0.4, -0.2) is 34.1 Å². The normalized spacial score (nSPS) is 12.2. The third kappa shape index (κ3) is 7.48. The second kappa shape index (κ2) is 7.27. The van der Waals surface area contributed by atoms with E-state index in [1.807, 2.05) is 0 Å². The van der Waals surface area contributed by atoms with Gasteiger partial charge in [-0.25, -0.2) is 26.7 Å². The van der Waals surface area contributed by atoms with E-state index in [1.54, 1.807) is 24.3 Å². The summed E-state index contributed by atoms with van der Waals surface area (Å²) < 4.78 is 47.3. The van der Waals surface area contributed by atoms with Gasteiger partial charge in [-0.3, -0.25) is 0 Å². The van der Waals surface area contributed by atoms with Crippen molar-refractivity contribution in [3.05, 3.63) is 35.4 Å². The average molecular weight is 351 g/mol. The van der Waals surface area contributed by atoms with Crippen molar-refractivity contribution in [1.29, 1.82) is 0 Å². The van der Waals surface area contributed by atoms with Crippen LogP contribution in [-0.2, 0) is 25.8 Å². The number of rotatable bonds is 8. The maximum absolute atomic E-state index is 11.8. The molecule has 0 saturated carbocycles. The van der Waals surface area contributed by atoms with Crippen LogP contribution in [0.1, 0.15) is 17.5 Å². The lowest BCUT2D eigenvalue weighted by molar-refractivity contribution is 0.576. The van der Waals surface area contributed by atoms with Gasteiger partial charge in [0.2, 0.25) is 20.0 Å². The van der Waals surface area contributed by atoms with Gasteiger partial charge in [0, 0.05) is 12.1 Å². The lowest BCUT2D eigenvalue weighted by atomic mass is 10.1. The number of thiocarbonyl (C=S) groups is 1. The quantitative estimate of drug-likeness (QED) is 0.424. The van der Waals surface area contributed by atoms with Crippen molar-refractivity contribution in [3.8, 4) is 0 Å². The highest BCUT2D eigenvalue weighted by Crippen LogP contribution is 2.08. The lowest BCUT2D eigenvalue weighted by Gasteiger charge is -2.07. The van der Waals surface area contributed by atoms with E-state index in [1.165, 1.54) is 0 Å². The van der Waals surface area contributed by atoms with Gasteiger partial charge in [-0.2, -0.15) is 0 Å².